The first kappa shape index (κ1) is 21.7. The van der Waals surface area contributed by atoms with Crippen molar-refractivity contribution >= 4 is 16.1 Å². The van der Waals surface area contributed by atoms with Crippen molar-refractivity contribution in [2.24, 2.45) is 0 Å². The molecule has 0 aromatic carbocycles. The first-order chi connectivity index (χ1) is 11.7. The van der Waals surface area contributed by atoms with Gasteiger partial charge in [-0.3, -0.25) is 0 Å². The van der Waals surface area contributed by atoms with E-state index in [1.807, 2.05) is 0 Å². The van der Waals surface area contributed by atoms with Crippen LogP contribution in [0.25, 0.3) is 0 Å². The Morgan fingerprint density at radius 2 is 0.880 bits per heavy atom. The summed E-state index contributed by atoms with van der Waals surface area (Å²) in [6.45, 7) is 17.7. The van der Waals surface area contributed by atoms with Gasteiger partial charge in [0.05, 0.1) is 0 Å². The minimum atomic E-state index is -0.901. The predicted molar refractivity (Wildman–Crippen MR) is 119 cm³/mol. The molecule has 2 N–H and O–H groups in total. The largest absolute Gasteiger partial charge is 0.314 e. The molecule has 0 spiro atoms. The molecule has 25 heavy (non-hydrogen) atoms. The van der Waals surface area contributed by atoms with E-state index in [1.165, 1.54) is 70.9 Å². The van der Waals surface area contributed by atoms with Gasteiger partial charge >= 0.3 is 0 Å². The molecule has 2 saturated carbocycles. The summed E-state index contributed by atoms with van der Waals surface area (Å²) < 4.78 is 0. The van der Waals surface area contributed by atoms with E-state index in [4.69, 9.17) is 0 Å². The highest BCUT2D eigenvalue weighted by molar-refractivity contribution is 6.77. The molecule has 0 radical (unpaired) electrons. The highest BCUT2D eigenvalue weighted by Crippen LogP contribution is 2.37. The first-order valence-electron chi connectivity index (χ1n) is 11.1. The second-order valence-corrected chi connectivity index (χ2v) is 22.2. The average molecular weight is 383 g/mol. The lowest BCUT2D eigenvalue weighted by molar-refractivity contribution is 0.350. The molecule has 0 unspecified atom stereocenters. The molecule has 0 atom stereocenters. The van der Waals surface area contributed by atoms with E-state index >= 15 is 0 Å². The van der Waals surface area contributed by atoms with Crippen molar-refractivity contribution in [1.29, 1.82) is 0 Å². The SMILES string of the molecule is C[Si](C)(C)C1CCC(NCCCNC2CCC([Si](C)(C)C)CC2)CC1. The van der Waals surface area contributed by atoms with Gasteiger partial charge in [-0.2, -0.15) is 0 Å². The lowest BCUT2D eigenvalue weighted by Crippen LogP contribution is -2.40. The van der Waals surface area contributed by atoms with Gasteiger partial charge in [0.2, 0.25) is 0 Å². The van der Waals surface area contributed by atoms with Gasteiger partial charge in [0.15, 0.2) is 0 Å². The van der Waals surface area contributed by atoms with Crippen LogP contribution in [0, 0.1) is 0 Å². The Morgan fingerprint density at radius 1 is 0.560 bits per heavy atom. The summed E-state index contributed by atoms with van der Waals surface area (Å²) in [6, 6.07) is 1.61. The molecule has 2 fully saturated rings. The van der Waals surface area contributed by atoms with Gasteiger partial charge in [-0.25, -0.2) is 0 Å². The molecule has 2 aliphatic carbocycles. The fraction of sp³-hybridized carbons (Fsp3) is 1.00. The minimum Gasteiger partial charge on any atom is -0.314 e. The summed E-state index contributed by atoms with van der Waals surface area (Å²) in [6.07, 6.45) is 12.9. The molecule has 0 heterocycles. The van der Waals surface area contributed by atoms with E-state index in [9.17, 15) is 0 Å². The van der Waals surface area contributed by atoms with Gasteiger partial charge in [-0.15, -0.1) is 0 Å². The van der Waals surface area contributed by atoms with Gasteiger partial charge in [0.25, 0.3) is 0 Å². The Morgan fingerprint density at radius 3 is 1.16 bits per heavy atom. The molecule has 148 valence electrons. The summed E-state index contributed by atoms with van der Waals surface area (Å²) >= 11 is 0. The molecule has 4 heteroatoms. The van der Waals surface area contributed by atoms with Crippen LogP contribution >= 0.6 is 0 Å². The Bertz CT molecular complexity index is 334. The normalized spacial score (nSPS) is 31.9. The Hall–Kier alpha value is 0.354. The van der Waals surface area contributed by atoms with Crippen molar-refractivity contribution in [3.63, 3.8) is 0 Å². The van der Waals surface area contributed by atoms with Crippen LogP contribution < -0.4 is 10.6 Å². The van der Waals surface area contributed by atoms with Gasteiger partial charge in [0.1, 0.15) is 0 Å². The minimum absolute atomic E-state index is 0.805. The standard InChI is InChI=1S/C21H46N2Si2/c1-24(2,3)20-12-8-18(9-13-20)22-16-7-17-23-19-10-14-21(15-11-19)25(4,5)6/h18-23H,7-17H2,1-6H3. The maximum absolute atomic E-state index is 3.84. The van der Waals surface area contributed by atoms with Crippen LogP contribution in [0.5, 0.6) is 0 Å². The summed E-state index contributed by atoms with van der Waals surface area (Å²) in [5.74, 6) is 0. The lowest BCUT2D eigenvalue weighted by atomic mass is 9.94. The van der Waals surface area contributed by atoms with Crippen LogP contribution in [0.15, 0.2) is 0 Å². The molecular formula is C21H46N2Si2. The van der Waals surface area contributed by atoms with E-state index in [0.717, 1.165) is 23.2 Å². The second-order valence-electron chi connectivity index (χ2n) is 11.1. The fourth-order valence-corrected chi connectivity index (χ4v) is 9.16. The highest BCUT2D eigenvalue weighted by atomic mass is 28.3. The summed E-state index contributed by atoms with van der Waals surface area (Å²) in [5.41, 5.74) is 2.14. The Balaban J connectivity index is 1.50. The molecule has 2 rings (SSSR count). The van der Waals surface area contributed by atoms with Gasteiger partial charge < -0.3 is 10.6 Å². The van der Waals surface area contributed by atoms with E-state index in [1.54, 1.807) is 0 Å². The quantitative estimate of drug-likeness (QED) is 0.406. The topological polar surface area (TPSA) is 24.1 Å². The van der Waals surface area contributed by atoms with E-state index < -0.39 is 16.1 Å². The molecule has 0 aliphatic heterocycles. The summed E-state index contributed by atoms with van der Waals surface area (Å²) in [7, 11) is -1.80. The smallest absolute Gasteiger partial charge is 0.0473 e. The van der Waals surface area contributed by atoms with Gasteiger partial charge in [0, 0.05) is 28.2 Å². The molecule has 2 nitrogen and oxygen atoms in total. The van der Waals surface area contributed by atoms with Crippen LogP contribution in [0.4, 0.5) is 0 Å². The molecule has 2 aliphatic rings. The zero-order chi connectivity index (χ0) is 18.5. The maximum atomic E-state index is 3.84. The third-order valence-corrected chi connectivity index (χ3v) is 13.2. The van der Waals surface area contributed by atoms with Crippen LogP contribution in [-0.2, 0) is 0 Å². The number of rotatable bonds is 8. The second kappa shape index (κ2) is 9.52. The zero-order valence-corrected chi connectivity index (χ0v) is 20.1. The Labute approximate surface area is 160 Å². The zero-order valence-electron chi connectivity index (χ0n) is 18.1. The van der Waals surface area contributed by atoms with Crippen molar-refractivity contribution < 1.29 is 0 Å². The molecule has 0 aromatic heterocycles. The third-order valence-electron chi connectivity index (χ3n) is 7.12. The monoisotopic (exact) mass is 382 g/mol. The Kier molecular flexibility index (Phi) is 8.24. The number of hydrogen-bond donors (Lipinski definition) is 2. The van der Waals surface area contributed by atoms with E-state index in [-0.39, 0.29) is 0 Å². The van der Waals surface area contributed by atoms with Crippen molar-refractivity contribution in [3.8, 4) is 0 Å². The van der Waals surface area contributed by atoms with Gasteiger partial charge in [-0.1, -0.05) is 65.0 Å². The summed E-state index contributed by atoms with van der Waals surface area (Å²) in [4.78, 5) is 0. The van der Waals surface area contributed by atoms with Crippen molar-refractivity contribution in [1.82, 2.24) is 10.6 Å². The molecule has 0 saturated heterocycles. The molecule has 0 aromatic rings. The molecular weight excluding hydrogens is 336 g/mol. The van der Waals surface area contributed by atoms with E-state index in [2.05, 4.69) is 49.9 Å². The van der Waals surface area contributed by atoms with Gasteiger partial charge in [-0.05, 0) is 56.3 Å². The molecule has 0 amide bonds. The van der Waals surface area contributed by atoms with Crippen LogP contribution in [-0.4, -0.2) is 41.3 Å². The van der Waals surface area contributed by atoms with Crippen LogP contribution in [0.2, 0.25) is 50.4 Å². The third kappa shape index (κ3) is 7.47. The highest BCUT2D eigenvalue weighted by Gasteiger charge is 2.31. The average Bonchev–Trinajstić information content (AvgIpc) is 2.54. The maximum Gasteiger partial charge on any atom is 0.0473 e. The lowest BCUT2D eigenvalue weighted by Gasteiger charge is -2.36. The van der Waals surface area contributed by atoms with Crippen LogP contribution in [0.3, 0.4) is 0 Å². The summed E-state index contributed by atoms with van der Waals surface area (Å²) in [5, 5.41) is 7.68. The fourth-order valence-electron chi connectivity index (χ4n) is 5.03. The number of nitrogens with one attached hydrogen (secondary N) is 2. The van der Waals surface area contributed by atoms with Crippen molar-refractivity contribution in [2.45, 2.75) is 120 Å². The van der Waals surface area contributed by atoms with E-state index in [0.29, 0.717) is 0 Å². The van der Waals surface area contributed by atoms with Crippen LogP contribution in [0.1, 0.15) is 57.8 Å². The predicted octanol–water partition coefficient (Wildman–Crippen LogP) is 5.86. The first-order valence-corrected chi connectivity index (χ1v) is 18.3. The molecule has 0 bridgehead atoms. The van der Waals surface area contributed by atoms with Crippen molar-refractivity contribution in [3.05, 3.63) is 0 Å². The van der Waals surface area contributed by atoms with Crippen molar-refractivity contribution in [2.75, 3.05) is 13.1 Å². The number of hydrogen-bond acceptors (Lipinski definition) is 2.